The van der Waals surface area contributed by atoms with Gasteiger partial charge in [-0.05, 0) is 51.0 Å². The first-order chi connectivity index (χ1) is 21.7. The van der Waals surface area contributed by atoms with Crippen molar-refractivity contribution in [1.29, 1.82) is 0 Å². The molecule has 2 N–H and O–H groups in total. The zero-order valence-corrected chi connectivity index (χ0v) is 27.9. The van der Waals surface area contributed by atoms with Crippen molar-refractivity contribution in [2.45, 2.75) is 103 Å². The van der Waals surface area contributed by atoms with Gasteiger partial charge < -0.3 is 29.7 Å². The highest BCUT2D eigenvalue weighted by Crippen LogP contribution is 2.54. The molecule has 0 radical (unpaired) electrons. The van der Waals surface area contributed by atoms with Crippen LogP contribution in [0.15, 0.2) is 54.6 Å². The van der Waals surface area contributed by atoms with Gasteiger partial charge in [-0.15, -0.1) is 0 Å². The third-order valence-electron chi connectivity index (χ3n) is 9.58. The van der Waals surface area contributed by atoms with Crippen LogP contribution in [0.2, 0.25) is 0 Å². The van der Waals surface area contributed by atoms with Crippen molar-refractivity contribution in [2.24, 2.45) is 17.3 Å². The molecule has 4 aliphatic heterocycles. The molecule has 5 rings (SSSR count). The quantitative estimate of drug-likeness (QED) is 0.363. The molecule has 250 valence electrons. The molecule has 10 nitrogen and oxygen atoms in total. The lowest BCUT2D eigenvalue weighted by Crippen LogP contribution is -2.62. The number of rotatable bonds is 6. The van der Waals surface area contributed by atoms with Gasteiger partial charge in [-0.1, -0.05) is 75.4 Å². The number of fused-ring (bicyclic) bond motifs is 2. The fraction of sp³-hybridized carbons (Fsp3) is 0.611. The molecule has 0 saturated carbocycles. The molecule has 2 saturated heterocycles. The number of amides is 3. The topological polar surface area (TPSA) is 125 Å². The number of carbonyl (C=O) groups is 4. The first-order valence-corrected chi connectivity index (χ1v) is 16.5. The Morgan fingerprint density at radius 3 is 2.43 bits per heavy atom. The number of nitrogens with one attached hydrogen (secondary N) is 1. The molecule has 1 aromatic carbocycles. The van der Waals surface area contributed by atoms with Crippen molar-refractivity contribution in [3.8, 4) is 0 Å². The van der Waals surface area contributed by atoms with Crippen LogP contribution in [0.1, 0.15) is 66.4 Å². The van der Waals surface area contributed by atoms with Gasteiger partial charge in [0, 0.05) is 18.5 Å². The van der Waals surface area contributed by atoms with Crippen LogP contribution in [0.5, 0.6) is 0 Å². The Morgan fingerprint density at radius 2 is 1.76 bits per heavy atom. The number of aliphatic hydroxyl groups excluding tert-OH is 1. The summed E-state index contributed by atoms with van der Waals surface area (Å²) in [5, 5.41) is 13.6. The predicted octanol–water partition coefficient (Wildman–Crippen LogP) is 3.18. The second-order valence-corrected chi connectivity index (χ2v) is 15.0. The molecule has 3 amide bonds. The number of allylic oxidation sites excluding steroid dienone is 1. The number of esters is 1. The van der Waals surface area contributed by atoms with Crippen LogP contribution in [0.3, 0.4) is 0 Å². The molecule has 0 unspecified atom stereocenters. The number of hydrogen-bond donors (Lipinski definition) is 2. The molecule has 2 fully saturated rings. The van der Waals surface area contributed by atoms with E-state index in [1.165, 1.54) is 4.90 Å². The first kappa shape index (κ1) is 33.9. The van der Waals surface area contributed by atoms with Crippen LogP contribution in [0.25, 0.3) is 0 Å². The van der Waals surface area contributed by atoms with Gasteiger partial charge in [0.1, 0.15) is 23.7 Å². The maximum Gasteiger partial charge on any atom is 0.313 e. The van der Waals surface area contributed by atoms with Crippen molar-refractivity contribution < 1.29 is 33.8 Å². The number of aliphatic hydroxyl groups is 1. The fourth-order valence-corrected chi connectivity index (χ4v) is 8.07. The molecule has 0 aliphatic carbocycles. The molecular weight excluding hydrogens is 586 g/mol. The van der Waals surface area contributed by atoms with Gasteiger partial charge in [-0.3, -0.25) is 19.2 Å². The Hall–Kier alpha value is -3.50. The monoisotopic (exact) mass is 635 g/mol. The van der Waals surface area contributed by atoms with E-state index in [2.05, 4.69) is 26.1 Å². The molecule has 4 heterocycles. The average molecular weight is 636 g/mol. The van der Waals surface area contributed by atoms with E-state index >= 15 is 0 Å². The van der Waals surface area contributed by atoms with Gasteiger partial charge in [0.15, 0.2) is 0 Å². The lowest BCUT2D eigenvalue weighted by atomic mass is 9.77. The number of carbonyl (C=O) groups excluding carboxylic acids is 4. The predicted molar refractivity (Wildman–Crippen MR) is 172 cm³/mol. The minimum Gasteiger partial charge on any atom is -0.460 e. The van der Waals surface area contributed by atoms with E-state index in [-0.39, 0.29) is 36.8 Å². The summed E-state index contributed by atoms with van der Waals surface area (Å²) in [6.45, 7) is 12.2. The summed E-state index contributed by atoms with van der Waals surface area (Å²) in [7, 11) is 0. The van der Waals surface area contributed by atoms with E-state index in [9.17, 15) is 24.3 Å². The van der Waals surface area contributed by atoms with Crippen LogP contribution in [-0.4, -0.2) is 93.7 Å². The molecule has 7 atom stereocenters. The zero-order valence-electron chi connectivity index (χ0n) is 27.9. The van der Waals surface area contributed by atoms with Crippen molar-refractivity contribution in [2.75, 3.05) is 19.7 Å². The van der Waals surface area contributed by atoms with E-state index in [4.69, 9.17) is 9.47 Å². The lowest BCUT2D eigenvalue weighted by Gasteiger charge is -2.45. The first-order valence-electron chi connectivity index (χ1n) is 16.5. The molecule has 1 spiro atoms. The molecule has 0 aromatic heterocycles. The van der Waals surface area contributed by atoms with Gasteiger partial charge in [0.25, 0.3) is 0 Å². The highest BCUT2D eigenvalue weighted by Gasteiger charge is 2.73. The standard InChI is InChI=1S/C36H49N3O7/c1-23-20-37-27(41)16-11-10-15-26-28(33(44)45-23)29-31(42)39(25(21-40)19-24-13-8-7-9-14-24)30-32(43)38(18-12-17-36(29,30)46-26)35(5,6)22-34(2,3)4/h7-10,12-15,17,23,25-26,28-30,40H,11,16,18-22H2,1-6H3,(H,37,41)/b15-10-/t23-,25-,26-,28+,29+,30-,36+/m1/s1. The number of ether oxygens (including phenoxy) is 2. The number of cyclic esters (lactones) is 1. The van der Waals surface area contributed by atoms with Crippen LogP contribution < -0.4 is 5.32 Å². The molecule has 0 bridgehead atoms. The zero-order chi connectivity index (χ0) is 33.4. The van der Waals surface area contributed by atoms with E-state index in [0.717, 1.165) is 5.56 Å². The Bertz CT molecular complexity index is 1380. The van der Waals surface area contributed by atoms with Crippen LogP contribution in [0, 0.1) is 17.3 Å². The Labute approximate surface area is 272 Å². The maximum absolute atomic E-state index is 15.0. The highest BCUT2D eigenvalue weighted by atomic mass is 16.6. The lowest BCUT2D eigenvalue weighted by molar-refractivity contribution is -0.160. The molecule has 10 heteroatoms. The van der Waals surface area contributed by atoms with E-state index in [1.54, 1.807) is 19.1 Å². The molecular formula is C36H49N3O7. The third kappa shape index (κ3) is 6.51. The highest BCUT2D eigenvalue weighted by molar-refractivity contribution is 5.99. The normalized spacial score (nSPS) is 31.9. The van der Waals surface area contributed by atoms with Gasteiger partial charge in [-0.2, -0.15) is 0 Å². The SMILES string of the molecule is C[C@@H]1CNC(=O)CC/C=C\[C@H]2O[C@]34C=CCN(C(C)(C)CC(C)(C)C)C(=O)[C@H]3N([C@@H](CO)Cc3ccccc3)C(=O)[C@@H]4[C@H]2C(=O)O1. The second kappa shape index (κ2) is 13.0. The van der Waals surface area contributed by atoms with Gasteiger partial charge in [-0.25, -0.2) is 0 Å². The van der Waals surface area contributed by atoms with E-state index < -0.39 is 59.1 Å². The average Bonchev–Trinajstić information content (AvgIpc) is 3.36. The van der Waals surface area contributed by atoms with Crippen LogP contribution in [-0.2, 0) is 35.1 Å². The molecule has 4 aliphatic rings. The van der Waals surface area contributed by atoms with Gasteiger partial charge in [0.2, 0.25) is 17.7 Å². The summed E-state index contributed by atoms with van der Waals surface area (Å²) < 4.78 is 12.6. The molecule has 1 aromatic rings. The minimum absolute atomic E-state index is 0.0859. The van der Waals surface area contributed by atoms with Gasteiger partial charge in [0.05, 0.1) is 31.2 Å². The summed E-state index contributed by atoms with van der Waals surface area (Å²) in [6.07, 6.45) is 7.42. The van der Waals surface area contributed by atoms with Crippen molar-refractivity contribution in [3.63, 3.8) is 0 Å². The fourth-order valence-electron chi connectivity index (χ4n) is 8.07. The Morgan fingerprint density at radius 1 is 1.04 bits per heavy atom. The Kier molecular flexibility index (Phi) is 9.53. The maximum atomic E-state index is 15.0. The van der Waals surface area contributed by atoms with E-state index in [1.807, 2.05) is 61.2 Å². The number of likely N-dealkylation sites (tertiary alicyclic amines) is 1. The summed E-state index contributed by atoms with van der Waals surface area (Å²) in [5.74, 6) is -3.55. The third-order valence-corrected chi connectivity index (χ3v) is 9.58. The number of nitrogens with zero attached hydrogens (tertiary/aromatic N) is 2. The van der Waals surface area contributed by atoms with Crippen molar-refractivity contribution in [3.05, 3.63) is 60.2 Å². The Balaban J connectivity index is 1.63. The van der Waals surface area contributed by atoms with E-state index in [0.29, 0.717) is 25.8 Å². The summed E-state index contributed by atoms with van der Waals surface area (Å²) in [4.78, 5) is 59.3. The second-order valence-electron chi connectivity index (χ2n) is 15.0. The molecule has 46 heavy (non-hydrogen) atoms. The summed E-state index contributed by atoms with van der Waals surface area (Å²) in [5.41, 5.74) is -1.23. The van der Waals surface area contributed by atoms with Gasteiger partial charge >= 0.3 is 5.97 Å². The van der Waals surface area contributed by atoms with Crippen LogP contribution in [0.4, 0.5) is 0 Å². The van der Waals surface area contributed by atoms with Crippen molar-refractivity contribution in [1.82, 2.24) is 15.1 Å². The summed E-state index contributed by atoms with van der Waals surface area (Å²) >= 11 is 0. The smallest absolute Gasteiger partial charge is 0.313 e. The number of benzene rings is 1. The summed E-state index contributed by atoms with van der Waals surface area (Å²) in [6, 6.07) is 7.69. The minimum atomic E-state index is -1.47. The largest absolute Gasteiger partial charge is 0.460 e. The van der Waals surface area contributed by atoms with Crippen LogP contribution >= 0.6 is 0 Å². The van der Waals surface area contributed by atoms with Crippen molar-refractivity contribution >= 4 is 23.7 Å². The number of hydrogen-bond acceptors (Lipinski definition) is 7.